The first-order chi connectivity index (χ1) is 9.57. The first kappa shape index (κ1) is 19.2. The maximum atomic E-state index is 11.7. The number of amides is 1. The van der Waals surface area contributed by atoms with Crippen molar-refractivity contribution in [3.8, 4) is 0 Å². The number of ether oxygens (including phenoxy) is 3. The standard InChI is InChI=1S/C13H26N2O4S/c1-15(6-4-12(14)20)13(16)5-9-19-11-10-18-8-3-7-17-2/h3-11H2,1-2H3,(H2,14,20). The molecule has 0 unspecified atom stereocenters. The average Bonchev–Trinajstić information content (AvgIpc) is 2.42. The van der Waals surface area contributed by atoms with Crippen LogP contribution in [0.5, 0.6) is 0 Å². The van der Waals surface area contributed by atoms with Crippen molar-refractivity contribution >= 4 is 23.1 Å². The number of nitrogens with zero attached hydrogens (tertiary/aromatic N) is 1. The van der Waals surface area contributed by atoms with Crippen LogP contribution in [-0.2, 0) is 19.0 Å². The predicted molar refractivity (Wildman–Crippen MR) is 81.8 cm³/mol. The number of thiocarbonyl (C=S) groups is 1. The third-order valence-corrected chi connectivity index (χ3v) is 2.79. The molecule has 0 saturated heterocycles. The molecule has 0 heterocycles. The summed E-state index contributed by atoms with van der Waals surface area (Å²) in [5.41, 5.74) is 5.39. The van der Waals surface area contributed by atoms with Crippen molar-refractivity contribution in [1.29, 1.82) is 0 Å². The van der Waals surface area contributed by atoms with Gasteiger partial charge in [0, 0.05) is 40.3 Å². The molecule has 0 aliphatic carbocycles. The maximum absolute atomic E-state index is 11.7. The summed E-state index contributed by atoms with van der Waals surface area (Å²) < 4.78 is 15.6. The predicted octanol–water partition coefficient (Wildman–Crippen LogP) is 0.581. The van der Waals surface area contributed by atoms with E-state index in [1.54, 1.807) is 19.1 Å². The van der Waals surface area contributed by atoms with Crippen LogP contribution in [0.15, 0.2) is 0 Å². The SMILES string of the molecule is COCCCOCCOCCC(=O)N(C)CCC(N)=S. The number of rotatable bonds is 13. The molecule has 0 fully saturated rings. The molecule has 118 valence electrons. The number of hydrogen-bond acceptors (Lipinski definition) is 5. The van der Waals surface area contributed by atoms with Crippen LogP contribution in [0.25, 0.3) is 0 Å². The smallest absolute Gasteiger partial charge is 0.224 e. The summed E-state index contributed by atoms with van der Waals surface area (Å²) >= 11 is 4.77. The minimum Gasteiger partial charge on any atom is -0.393 e. The van der Waals surface area contributed by atoms with Gasteiger partial charge in [-0.3, -0.25) is 4.79 Å². The molecule has 0 bridgehead atoms. The first-order valence-corrected chi connectivity index (χ1v) is 7.15. The summed E-state index contributed by atoms with van der Waals surface area (Å²) in [6, 6.07) is 0. The number of methoxy groups -OCH3 is 1. The molecule has 7 heteroatoms. The van der Waals surface area contributed by atoms with E-state index in [-0.39, 0.29) is 5.91 Å². The summed E-state index contributed by atoms with van der Waals surface area (Å²) in [5, 5.41) is 0. The van der Waals surface area contributed by atoms with E-state index in [9.17, 15) is 4.79 Å². The van der Waals surface area contributed by atoms with E-state index in [4.69, 9.17) is 32.2 Å². The van der Waals surface area contributed by atoms with Crippen LogP contribution in [0, 0.1) is 0 Å². The van der Waals surface area contributed by atoms with Gasteiger partial charge in [-0.2, -0.15) is 0 Å². The van der Waals surface area contributed by atoms with Gasteiger partial charge in [-0.05, 0) is 6.42 Å². The van der Waals surface area contributed by atoms with Gasteiger partial charge in [-0.15, -0.1) is 0 Å². The van der Waals surface area contributed by atoms with Crippen LogP contribution < -0.4 is 5.73 Å². The molecule has 0 aliphatic rings. The second-order valence-corrected chi connectivity index (χ2v) is 4.88. The van der Waals surface area contributed by atoms with E-state index in [2.05, 4.69) is 0 Å². The van der Waals surface area contributed by atoms with E-state index in [0.717, 1.165) is 6.42 Å². The van der Waals surface area contributed by atoms with Gasteiger partial charge in [0.05, 0.1) is 31.2 Å². The third-order valence-electron chi connectivity index (χ3n) is 2.59. The minimum atomic E-state index is 0.0299. The van der Waals surface area contributed by atoms with Crippen molar-refractivity contribution in [3.63, 3.8) is 0 Å². The summed E-state index contributed by atoms with van der Waals surface area (Å²) in [4.78, 5) is 13.7. The summed E-state index contributed by atoms with van der Waals surface area (Å²) in [5.74, 6) is 0.0299. The van der Waals surface area contributed by atoms with Crippen molar-refractivity contribution in [2.75, 3.05) is 53.7 Å². The van der Waals surface area contributed by atoms with Crippen LogP contribution >= 0.6 is 12.2 Å². The second kappa shape index (κ2) is 13.2. The number of carbonyl (C=O) groups excluding carboxylic acids is 1. The molecule has 0 atom stereocenters. The van der Waals surface area contributed by atoms with Gasteiger partial charge in [-0.25, -0.2) is 0 Å². The quantitative estimate of drug-likeness (QED) is 0.396. The molecule has 0 saturated carbocycles. The highest BCUT2D eigenvalue weighted by atomic mass is 32.1. The Balaban J connectivity index is 3.36. The van der Waals surface area contributed by atoms with E-state index in [1.165, 1.54) is 0 Å². The van der Waals surface area contributed by atoms with Crippen molar-refractivity contribution in [2.45, 2.75) is 19.3 Å². The normalized spacial score (nSPS) is 10.5. The van der Waals surface area contributed by atoms with E-state index in [1.807, 2.05) is 0 Å². The Labute approximate surface area is 126 Å². The highest BCUT2D eigenvalue weighted by Gasteiger charge is 2.08. The molecule has 0 radical (unpaired) electrons. The Hall–Kier alpha value is -0.760. The largest absolute Gasteiger partial charge is 0.393 e. The monoisotopic (exact) mass is 306 g/mol. The van der Waals surface area contributed by atoms with Gasteiger partial charge in [0.25, 0.3) is 0 Å². The molecular formula is C13H26N2O4S. The Morgan fingerprint density at radius 3 is 2.35 bits per heavy atom. The highest BCUT2D eigenvalue weighted by molar-refractivity contribution is 7.80. The van der Waals surface area contributed by atoms with Crippen molar-refractivity contribution in [2.24, 2.45) is 5.73 Å². The summed E-state index contributed by atoms with van der Waals surface area (Å²) in [7, 11) is 3.40. The van der Waals surface area contributed by atoms with Gasteiger partial charge in [0.2, 0.25) is 5.91 Å². The van der Waals surface area contributed by atoms with Gasteiger partial charge in [0.1, 0.15) is 0 Å². The van der Waals surface area contributed by atoms with Crippen LogP contribution in [0.2, 0.25) is 0 Å². The molecule has 0 aliphatic heterocycles. The zero-order valence-electron chi connectivity index (χ0n) is 12.4. The minimum absolute atomic E-state index is 0.0299. The zero-order chi connectivity index (χ0) is 15.2. The highest BCUT2D eigenvalue weighted by Crippen LogP contribution is 1.95. The lowest BCUT2D eigenvalue weighted by Crippen LogP contribution is -2.30. The van der Waals surface area contributed by atoms with Crippen LogP contribution in [0.3, 0.4) is 0 Å². The zero-order valence-corrected chi connectivity index (χ0v) is 13.2. The van der Waals surface area contributed by atoms with Gasteiger partial charge in [0.15, 0.2) is 0 Å². The van der Waals surface area contributed by atoms with Gasteiger partial charge >= 0.3 is 0 Å². The third kappa shape index (κ3) is 12.3. The number of nitrogens with two attached hydrogens (primary N) is 1. The van der Waals surface area contributed by atoms with E-state index >= 15 is 0 Å². The van der Waals surface area contributed by atoms with Gasteiger partial charge in [-0.1, -0.05) is 12.2 Å². The lowest BCUT2D eigenvalue weighted by atomic mass is 10.3. The topological polar surface area (TPSA) is 74.0 Å². The lowest BCUT2D eigenvalue weighted by Gasteiger charge is -2.16. The van der Waals surface area contributed by atoms with Gasteiger partial charge < -0.3 is 24.8 Å². The fourth-order valence-corrected chi connectivity index (χ4v) is 1.47. The van der Waals surface area contributed by atoms with Crippen molar-refractivity contribution in [1.82, 2.24) is 4.90 Å². The first-order valence-electron chi connectivity index (χ1n) is 6.74. The van der Waals surface area contributed by atoms with E-state index in [0.29, 0.717) is 57.4 Å². The van der Waals surface area contributed by atoms with Crippen LogP contribution in [0.4, 0.5) is 0 Å². The number of hydrogen-bond donors (Lipinski definition) is 1. The molecular weight excluding hydrogens is 280 g/mol. The Kier molecular flexibility index (Phi) is 12.7. The molecule has 1 amide bonds. The molecule has 2 N–H and O–H groups in total. The summed E-state index contributed by atoms with van der Waals surface area (Å²) in [6.07, 6.45) is 1.79. The Morgan fingerprint density at radius 1 is 1.10 bits per heavy atom. The molecule has 0 spiro atoms. The fourth-order valence-electron chi connectivity index (χ4n) is 1.38. The molecule has 0 aromatic heterocycles. The molecule has 20 heavy (non-hydrogen) atoms. The lowest BCUT2D eigenvalue weighted by molar-refractivity contribution is -0.131. The fraction of sp³-hybridized carbons (Fsp3) is 0.846. The van der Waals surface area contributed by atoms with Crippen LogP contribution in [-0.4, -0.2) is 69.5 Å². The second-order valence-electron chi connectivity index (χ2n) is 4.35. The van der Waals surface area contributed by atoms with Crippen molar-refractivity contribution < 1.29 is 19.0 Å². The maximum Gasteiger partial charge on any atom is 0.224 e. The molecule has 0 aromatic carbocycles. The average molecular weight is 306 g/mol. The summed E-state index contributed by atoms with van der Waals surface area (Å²) in [6.45, 7) is 3.35. The molecule has 0 rings (SSSR count). The van der Waals surface area contributed by atoms with Crippen molar-refractivity contribution in [3.05, 3.63) is 0 Å². The van der Waals surface area contributed by atoms with E-state index < -0.39 is 0 Å². The molecule has 0 aromatic rings. The number of carbonyl (C=O) groups is 1. The van der Waals surface area contributed by atoms with Crippen LogP contribution in [0.1, 0.15) is 19.3 Å². The Morgan fingerprint density at radius 2 is 1.75 bits per heavy atom. The Bertz CT molecular complexity index is 277. The molecule has 6 nitrogen and oxygen atoms in total.